The number of carboxylic acid groups (broad SMARTS) is 1. The first kappa shape index (κ1) is 26.3. The van der Waals surface area contributed by atoms with E-state index < -0.39 is 29.8 Å². The van der Waals surface area contributed by atoms with E-state index in [1.165, 1.54) is 18.2 Å². The van der Waals surface area contributed by atoms with Crippen LogP contribution in [0.15, 0.2) is 54.7 Å². The Morgan fingerprint density at radius 1 is 1.21 bits per heavy atom. The molecule has 0 bridgehead atoms. The van der Waals surface area contributed by atoms with Crippen molar-refractivity contribution in [2.24, 2.45) is 0 Å². The minimum Gasteiger partial charge on any atom is -0.465 e. The molecule has 0 saturated carbocycles. The number of amides is 1. The van der Waals surface area contributed by atoms with Crippen LogP contribution in [0, 0.1) is 23.0 Å². The van der Waals surface area contributed by atoms with E-state index in [2.05, 4.69) is 26.0 Å². The molecule has 2 aromatic heterocycles. The number of fused-ring (bicyclic) bond motifs is 1. The van der Waals surface area contributed by atoms with Gasteiger partial charge in [-0.25, -0.2) is 18.6 Å². The summed E-state index contributed by atoms with van der Waals surface area (Å²) in [5, 5.41) is 32.2. The van der Waals surface area contributed by atoms with Crippen LogP contribution >= 0.6 is 0 Å². The largest absolute Gasteiger partial charge is 0.465 e. The van der Waals surface area contributed by atoms with Gasteiger partial charge in [0, 0.05) is 18.2 Å². The van der Waals surface area contributed by atoms with E-state index >= 15 is 4.39 Å². The minimum atomic E-state index is -1.29. The van der Waals surface area contributed by atoms with Crippen molar-refractivity contribution in [3.8, 4) is 6.07 Å². The van der Waals surface area contributed by atoms with Crippen LogP contribution in [0.1, 0.15) is 24.1 Å². The zero-order valence-corrected chi connectivity index (χ0v) is 20.6. The van der Waals surface area contributed by atoms with Crippen molar-refractivity contribution in [1.82, 2.24) is 20.1 Å². The molecule has 1 amide bonds. The number of pyridine rings is 1. The Hall–Kier alpha value is -4.76. The van der Waals surface area contributed by atoms with Gasteiger partial charge >= 0.3 is 6.09 Å². The lowest BCUT2D eigenvalue weighted by atomic mass is 10.00. The van der Waals surface area contributed by atoms with Gasteiger partial charge in [0.15, 0.2) is 17.5 Å². The van der Waals surface area contributed by atoms with E-state index in [1.807, 2.05) is 18.2 Å². The Bertz CT molecular complexity index is 1500. The third kappa shape index (κ3) is 5.96. The number of hydrogen-bond donors (Lipinski definition) is 4. The Morgan fingerprint density at radius 3 is 2.74 bits per heavy atom. The number of hydrogen-bond acceptors (Lipinski definition) is 7. The molecule has 4 N–H and O–H groups in total. The summed E-state index contributed by atoms with van der Waals surface area (Å²) in [7, 11) is 1.61. The number of nitrogens with one attached hydrogen (secondary N) is 3. The summed E-state index contributed by atoms with van der Waals surface area (Å²) in [6.45, 7) is 2.65. The minimum absolute atomic E-state index is 0.0389. The normalized spacial score (nSPS) is 12.5. The molecule has 0 aliphatic carbocycles. The zero-order valence-electron chi connectivity index (χ0n) is 20.6. The number of rotatable bonds is 10. The third-order valence-electron chi connectivity index (χ3n) is 5.86. The first-order valence-electron chi connectivity index (χ1n) is 11.6. The highest BCUT2D eigenvalue weighted by molar-refractivity contribution is 5.83. The van der Waals surface area contributed by atoms with E-state index in [1.54, 1.807) is 37.0 Å². The fraction of sp³-hybridized carbons (Fsp3) is 0.231. The highest BCUT2D eigenvalue weighted by Gasteiger charge is 2.24. The topological polar surface area (TPSA) is 137 Å². The molecule has 12 heteroatoms. The molecule has 0 aliphatic heterocycles. The van der Waals surface area contributed by atoms with Gasteiger partial charge in [0.2, 0.25) is 0 Å². The Morgan fingerprint density at radius 2 is 2.03 bits per heavy atom. The van der Waals surface area contributed by atoms with Crippen LogP contribution in [-0.4, -0.2) is 45.7 Å². The number of ether oxygens (including phenoxy) is 1. The van der Waals surface area contributed by atoms with Gasteiger partial charge in [-0.15, -0.1) is 0 Å². The molecule has 196 valence electrons. The summed E-state index contributed by atoms with van der Waals surface area (Å²) in [4.78, 5) is 15.5. The number of nitrogens with zero attached hydrogens (tertiary/aromatic N) is 4. The van der Waals surface area contributed by atoms with Crippen LogP contribution in [0.25, 0.3) is 10.9 Å². The van der Waals surface area contributed by atoms with Gasteiger partial charge in [0.25, 0.3) is 0 Å². The van der Waals surface area contributed by atoms with Crippen LogP contribution in [0.5, 0.6) is 0 Å². The summed E-state index contributed by atoms with van der Waals surface area (Å²) in [5.74, 6) is -1.52. The van der Waals surface area contributed by atoms with Gasteiger partial charge in [-0.1, -0.05) is 12.1 Å². The maximum absolute atomic E-state index is 15.0. The number of halogens is 2. The quantitative estimate of drug-likeness (QED) is 0.234. The summed E-state index contributed by atoms with van der Waals surface area (Å²) in [6.07, 6.45) is 0.407. The van der Waals surface area contributed by atoms with Gasteiger partial charge in [0.1, 0.15) is 11.9 Å². The fourth-order valence-electron chi connectivity index (χ4n) is 4.05. The lowest BCUT2D eigenvalue weighted by Crippen LogP contribution is -2.39. The molecular formula is C26H25F2N7O3. The molecule has 0 spiro atoms. The van der Waals surface area contributed by atoms with Crippen LogP contribution in [-0.2, 0) is 11.3 Å². The molecule has 38 heavy (non-hydrogen) atoms. The molecule has 0 saturated heterocycles. The molecule has 0 aliphatic rings. The molecule has 2 atom stereocenters. The summed E-state index contributed by atoms with van der Waals surface area (Å²) < 4.78 is 35.9. The third-order valence-corrected chi connectivity index (χ3v) is 5.86. The van der Waals surface area contributed by atoms with Gasteiger partial charge in [-0.05, 0) is 48.9 Å². The zero-order chi connectivity index (χ0) is 27.2. The second-order valence-corrected chi connectivity index (χ2v) is 8.50. The maximum Gasteiger partial charge on any atom is 0.404 e. The number of benzene rings is 2. The molecular weight excluding hydrogens is 496 g/mol. The summed E-state index contributed by atoms with van der Waals surface area (Å²) in [5.41, 5.74) is 1.82. The number of carbonyl (C=O) groups is 1. The van der Waals surface area contributed by atoms with Crippen molar-refractivity contribution in [2.45, 2.75) is 25.6 Å². The van der Waals surface area contributed by atoms with E-state index in [9.17, 15) is 19.6 Å². The predicted molar refractivity (Wildman–Crippen MR) is 137 cm³/mol. The highest BCUT2D eigenvalue weighted by atomic mass is 19.1. The molecule has 10 nitrogen and oxygen atoms in total. The van der Waals surface area contributed by atoms with Crippen LogP contribution in [0.3, 0.4) is 0 Å². The smallest absolute Gasteiger partial charge is 0.404 e. The first-order valence-corrected chi connectivity index (χ1v) is 11.6. The van der Waals surface area contributed by atoms with Gasteiger partial charge < -0.3 is 25.8 Å². The second kappa shape index (κ2) is 11.5. The standard InChI is InChI=1S/C26H25F2N7O3/c1-15(31-26(36)37)23(16-4-3-5-19(27)10-16)33-25-21(28)12-17(13-29)24(34-25)32-20-6-7-22-18(11-20)14-30-35(22)8-9-38-2/h3-7,10-12,14-15,23,31H,8-9H2,1-2H3,(H,36,37)(H2,32,33,34)/t15-,23+/m0/s1. The van der Waals surface area contributed by atoms with Crippen molar-refractivity contribution in [2.75, 3.05) is 24.4 Å². The number of methoxy groups -OCH3 is 1. The molecule has 0 fully saturated rings. The molecule has 2 heterocycles. The second-order valence-electron chi connectivity index (χ2n) is 8.50. The van der Waals surface area contributed by atoms with Crippen molar-refractivity contribution >= 4 is 34.3 Å². The number of nitriles is 1. The van der Waals surface area contributed by atoms with Crippen LogP contribution < -0.4 is 16.0 Å². The van der Waals surface area contributed by atoms with Gasteiger partial charge in [-0.2, -0.15) is 10.4 Å². The summed E-state index contributed by atoms with van der Waals surface area (Å²) >= 11 is 0. The van der Waals surface area contributed by atoms with E-state index in [0.717, 1.165) is 17.0 Å². The Balaban J connectivity index is 1.66. The molecule has 2 aromatic carbocycles. The monoisotopic (exact) mass is 521 g/mol. The van der Waals surface area contributed by atoms with E-state index in [4.69, 9.17) is 4.74 Å². The van der Waals surface area contributed by atoms with E-state index in [0.29, 0.717) is 24.4 Å². The number of anilines is 3. The average molecular weight is 522 g/mol. The number of aromatic nitrogens is 3. The highest BCUT2D eigenvalue weighted by Crippen LogP contribution is 2.29. The van der Waals surface area contributed by atoms with Crippen molar-refractivity contribution < 1.29 is 23.4 Å². The van der Waals surface area contributed by atoms with Gasteiger partial charge in [-0.3, -0.25) is 4.68 Å². The van der Waals surface area contributed by atoms with Crippen LogP contribution in [0.4, 0.5) is 30.9 Å². The van der Waals surface area contributed by atoms with Crippen molar-refractivity contribution in [3.63, 3.8) is 0 Å². The SMILES string of the molecule is COCCn1ncc2cc(Nc3nc(N[C@@H](c4cccc(F)c4)[C@H](C)NC(=O)O)c(F)cc3C#N)ccc21. The van der Waals surface area contributed by atoms with Gasteiger partial charge in [0.05, 0.1) is 42.5 Å². The fourth-order valence-corrected chi connectivity index (χ4v) is 4.05. The molecule has 4 rings (SSSR count). The summed E-state index contributed by atoms with van der Waals surface area (Å²) in [6, 6.07) is 12.3. The average Bonchev–Trinajstić information content (AvgIpc) is 3.29. The van der Waals surface area contributed by atoms with E-state index in [-0.39, 0.29) is 17.2 Å². The molecule has 4 aromatic rings. The van der Waals surface area contributed by atoms with Crippen molar-refractivity contribution in [1.29, 1.82) is 5.26 Å². The predicted octanol–water partition coefficient (Wildman–Crippen LogP) is 4.78. The van der Waals surface area contributed by atoms with Crippen LogP contribution in [0.2, 0.25) is 0 Å². The lowest BCUT2D eigenvalue weighted by molar-refractivity contribution is 0.185. The Kier molecular flexibility index (Phi) is 7.98. The molecule has 0 radical (unpaired) electrons. The lowest BCUT2D eigenvalue weighted by Gasteiger charge is -2.26. The first-order chi connectivity index (χ1) is 18.3. The molecule has 0 unspecified atom stereocenters. The van der Waals surface area contributed by atoms with Crippen molar-refractivity contribution in [3.05, 3.63) is 77.5 Å². The maximum atomic E-state index is 15.0. The Labute approximate surface area is 216 Å².